The molecule has 0 amide bonds. The summed E-state index contributed by atoms with van der Waals surface area (Å²) in [5.74, 6) is 0.0867. The van der Waals surface area contributed by atoms with Crippen molar-refractivity contribution in [1.29, 1.82) is 0 Å². The smallest absolute Gasteiger partial charge is 0.346 e. The molecule has 0 N–H and O–H groups in total. The Kier molecular flexibility index (Phi) is 5.67. The minimum atomic E-state index is -0.603. The van der Waals surface area contributed by atoms with Gasteiger partial charge in [-0.25, -0.2) is 9.18 Å². The molecule has 0 saturated carbocycles. The average molecular weight is 350 g/mol. The van der Waals surface area contributed by atoms with Gasteiger partial charge in [0.15, 0.2) is 0 Å². The zero-order valence-electron chi connectivity index (χ0n) is 15.2. The maximum absolute atomic E-state index is 15.0. The SMILES string of the molecule is C/C=C/CCc1ccc(-c2ccc3cc(CCC)oc(=O)c3c2F)cc1. The number of hydrogen-bond donors (Lipinski definition) is 0. The van der Waals surface area contributed by atoms with E-state index in [9.17, 15) is 4.79 Å². The number of halogens is 1. The quantitative estimate of drug-likeness (QED) is 0.506. The summed E-state index contributed by atoms with van der Waals surface area (Å²) >= 11 is 0. The summed E-state index contributed by atoms with van der Waals surface area (Å²) in [7, 11) is 0. The maximum atomic E-state index is 15.0. The Morgan fingerprint density at radius 1 is 1.08 bits per heavy atom. The van der Waals surface area contributed by atoms with Crippen molar-refractivity contribution in [1.82, 2.24) is 0 Å². The first-order chi connectivity index (χ1) is 12.6. The lowest BCUT2D eigenvalue weighted by atomic mass is 9.99. The third-order valence-electron chi connectivity index (χ3n) is 4.52. The van der Waals surface area contributed by atoms with E-state index < -0.39 is 11.4 Å². The minimum absolute atomic E-state index is 0.0273. The summed E-state index contributed by atoms with van der Waals surface area (Å²) < 4.78 is 20.3. The predicted molar refractivity (Wildman–Crippen MR) is 105 cm³/mol. The van der Waals surface area contributed by atoms with Gasteiger partial charge in [-0.15, -0.1) is 0 Å². The van der Waals surface area contributed by atoms with E-state index in [2.05, 4.69) is 6.08 Å². The summed E-state index contributed by atoms with van der Waals surface area (Å²) in [6, 6.07) is 13.1. The maximum Gasteiger partial charge on any atom is 0.346 e. The fourth-order valence-electron chi connectivity index (χ4n) is 3.15. The average Bonchev–Trinajstić information content (AvgIpc) is 2.63. The van der Waals surface area contributed by atoms with E-state index in [-0.39, 0.29) is 5.39 Å². The number of rotatable bonds is 6. The van der Waals surface area contributed by atoms with Gasteiger partial charge < -0.3 is 4.42 Å². The molecular weight excluding hydrogens is 327 g/mol. The van der Waals surface area contributed by atoms with Gasteiger partial charge in [0.1, 0.15) is 17.0 Å². The van der Waals surface area contributed by atoms with Crippen molar-refractivity contribution in [2.45, 2.75) is 39.5 Å². The molecule has 2 nitrogen and oxygen atoms in total. The van der Waals surface area contributed by atoms with Crippen LogP contribution < -0.4 is 5.63 Å². The molecule has 0 bridgehead atoms. The molecular formula is C23H23FO2. The Balaban J connectivity index is 1.98. The Hall–Kier alpha value is -2.68. The number of allylic oxidation sites excluding steroid dienone is 2. The van der Waals surface area contributed by atoms with E-state index in [0.29, 0.717) is 23.1 Å². The van der Waals surface area contributed by atoms with Crippen LogP contribution in [0.25, 0.3) is 21.9 Å². The summed E-state index contributed by atoms with van der Waals surface area (Å²) in [6.07, 6.45) is 7.65. The fraction of sp³-hybridized carbons (Fsp3) is 0.261. The van der Waals surface area contributed by atoms with Gasteiger partial charge in [0.25, 0.3) is 0 Å². The first-order valence-electron chi connectivity index (χ1n) is 9.09. The van der Waals surface area contributed by atoms with E-state index in [1.165, 1.54) is 5.56 Å². The topological polar surface area (TPSA) is 30.2 Å². The highest BCUT2D eigenvalue weighted by Crippen LogP contribution is 2.28. The van der Waals surface area contributed by atoms with Gasteiger partial charge in [0, 0.05) is 12.0 Å². The fourth-order valence-corrected chi connectivity index (χ4v) is 3.15. The van der Waals surface area contributed by atoms with Crippen LogP contribution in [0.15, 0.2) is 63.8 Å². The standard InChI is InChI=1S/C23H23FO2/c1-3-5-6-8-16-9-11-17(12-10-16)20-14-13-18-15-19(7-4-2)26-23(25)21(18)22(20)24/h3,5,9-15H,4,6-8H2,1-2H3/b5-3+. The van der Waals surface area contributed by atoms with Crippen molar-refractivity contribution in [3.63, 3.8) is 0 Å². The van der Waals surface area contributed by atoms with Crippen molar-refractivity contribution in [2.75, 3.05) is 0 Å². The van der Waals surface area contributed by atoms with Gasteiger partial charge >= 0.3 is 5.63 Å². The van der Waals surface area contributed by atoms with Crippen LogP contribution in [0, 0.1) is 5.82 Å². The largest absolute Gasteiger partial charge is 0.427 e. The molecule has 2 aromatic carbocycles. The zero-order valence-corrected chi connectivity index (χ0v) is 15.2. The van der Waals surface area contributed by atoms with E-state index in [0.717, 1.165) is 24.8 Å². The second-order valence-electron chi connectivity index (χ2n) is 6.45. The molecule has 26 heavy (non-hydrogen) atoms. The highest BCUT2D eigenvalue weighted by Gasteiger charge is 2.14. The van der Waals surface area contributed by atoms with E-state index >= 15 is 4.39 Å². The summed E-state index contributed by atoms with van der Waals surface area (Å²) in [6.45, 7) is 4.02. The van der Waals surface area contributed by atoms with E-state index in [1.807, 2.05) is 44.2 Å². The minimum Gasteiger partial charge on any atom is -0.427 e. The first kappa shape index (κ1) is 18.1. The number of fused-ring (bicyclic) bond motifs is 1. The van der Waals surface area contributed by atoms with Crippen LogP contribution in [0.4, 0.5) is 4.39 Å². The van der Waals surface area contributed by atoms with Gasteiger partial charge in [-0.2, -0.15) is 0 Å². The molecule has 0 aliphatic carbocycles. The molecule has 1 heterocycles. The molecule has 0 aliphatic heterocycles. The van der Waals surface area contributed by atoms with Crippen LogP contribution in [-0.4, -0.2) is 0 Å². The molecule has 0 spiro atoms. The molecule has 1 aromatic heterocycles. The molecule has 0 fully saturated rings. The molecule has 0 unspecified atom stereocenters. The Morgan fingerprint density at radius 2 is 1.85 bits per heavy atom. The lowest BCUT2D eigenvalue weighted by molar-refractivity contribution is 0.462. The summed E-state index contributed by atoms with van der Waals surface area (Å²) in [5, 5.41) is 0.619. The van der Waals surface area contributed by atoms with Gasteiger partial charge in [0.05, 0.1) is 0 Å². The zero-order chi connectivity index (χ0) is 18.5. The van der Waals surface area contributed by atoms with Crippen molar-refractivity contribution >= 4 is 10.8 Å². The predicted octanol–water partition coefficient (Wildman–Crippen LogP) is 6.06. The molecule has 3 heteroatoms. The number of hydrogen-bond acceptors (Lipinski definition) is 2. The second kappa shape index (κ2) is 8.13. The molecule has 0 radical (unpaired) electrons. The van der Waals surface area contributed by atoms with Crippen molar-refractivity contribution in [3.8, 4) is 11.1 Å². The van der Waals surface area contributed by atoms with E-state index in [4.69, 9.17) is 4.42 Å². The molecule has 3 rings (SSSR count). The van der Waals surface area contributed by atoms with Crippen molar-refractivity contribution in [2.24, 2.45) is 0 Å². The highest BCUT2D eigenvalue weighted by atomic mass is 19.1. The van der Waals surface area contributed by atoms with E-state index in [1.54, 1.807) is 18.2 Å². The summed E-state index contributed by atoms with van der Waals surface area (Å²) in [4.78, 5) is 12.3. The van der Waals surface area contributed by atoms with Crippen LogP contribution in [-0.2, 0) is 12.8 Å². The Bertz CT molecular complexity index is 982. The Morgan fingerprint density at radius 3 is 2.54 bits per heavy atom. The lowest BCUT2D eigenvalue weighted by Gasteiger charge is -2.08. The van der Waals surface area contributed by atoms with Gasteiger partial charge in [-0.05, 0) is 48.8 Å². The van der Waals surface area contributed by atoms with Crippen molar-refractivity contribution in [3.05, 3.63) is 82.2 Å². The summed E-state index contributed by atoms with van der Waals surface area (Å²) in [5.41, 5.74) is 1.79. The number of aryl methyl sites for hydroxylation is 2. The molecule has 0 atom stereocenters. The number of benzene rings is 2. The molecule has 134 valence electrons. The van der Waals surface area contributed by atoms with Crippen LogP contribution in [0.5, 0.6) is 0 Å². The first-order valence-corrected chi connectivity index (χ1v) is 9.09. The van der Waals surface area contributed by atoms with Crippen LogP contribution in [0.1, 0.15) is 38.0 Å². The monoisotopic (exact) mass is 350 g/mol. The third-order valence-corrected chi connectivity index (χ3v) is 4.52. The Labute approximate surface area is 153 Å². The van der Waals surface area contributed by atoms with Gasteiger partial charge in [-0.1, -0.05) is 55.5 Å². The third kappa shape index (κ3) is 3.77. The molecule has 0 saturated heterocycles. The van der Waals surface area contributed by atoms with Crippen molar-refractivity contribution < 1.29 is 8.81 Å². The van der Waals surface area contributed by atoms with Crippen LogP contribution >= 0.6 is 0 Å². The lowest BCUT2D eigenvalue weighted by Crippen LogP contribution is -2.05. The van der Waals surface area contributed by atoms with Gasteiger partial charge in [-0.3, -0.25) is 0 Å². The highest BCUT2D eigenvalue weighted by molar-refractivity contribution is 5.87. The normalized spacial score (nSPS) is 11.5. The van der Waals surface area contributed by atoms with Crippen LogP contribution in [0.3, 0.4) is 0 Å². The second-order valence-corrected chi connectivity index (χ2v) is 6.45. The molecule has 3 aromatic rings. The molecule has 0 aliphatic rings. The van der Waals surface area contributed by atoms with Gasteiger partial charge in [0.2, 0.25) is 0 Å². The van der Waals surface area contributed by atoms with Crippen LogP contribution in [0.2, 0.25) is 0 Å².